The predicted molar refractivity (Wildman–Crippen MR) is 52.8 cm³/mol. The van der Waals surface area contributed by atoms with Gasteiger partial charge in [0.15, 0.2) is 0 Å². The molecule has 0 aliphatic rings. The van der Waals surface area contributed by atoms with E-state index >= 15 is 0 Å². The Morgan fingerprint density at radius 1 is 1.67 bits per heavy atom. The highest BCUT2D eigenvalue weighted by atomic mass is 16.3. The van der Waals surface area contributed by atoms with Crippen LogP contribution < -0.4 is 17.2 Å². The molecule has 1 heterocycles. The molecule has 0 saturated heterocycles. The van der Waals surface area contributed by atoms with Crippen molar-refractivity contribution in [1.82, 2.24) is 9.55 Å². The van der Waals surface area contributed by atoms with Crippen LogP contribution in [0.25, 0.3) is 0 Å². The number of carbonyl (C=O) groups is 1. The van der Waals surface area contributed by atoms with Gasteiger partial charge in [-0.25, -0.2) is 4.79 Å². The summed E-state index contributed by atoms with van der Waals surface area (Å²) in [4.78, 5) is 25.8. The van der Waals surface area contributed by atoms with Crippen LogP contribution in [-0.4, -0.2) is 27.2 Å². The van der Waals surface area contributed by atoms with E-state index in [9.17, 15) is 9.59 Å². The second-order valence-corrected chi connectivity index (χ2v) is 2.97. The number of carbonyl (C=O) groups excluding carboxylic acids is 1. The molecule has 1 amide bonds. The van der Waals surface area contributed by atoms with Crippen LogP contribution in [0.5, 0.6) is 0 Å². The fraction of sp³-hybridized carbons (Fsp3) is 0.375. The van der Waals surface area contributed by atoms with Gasteiger partial charge in [0, 0.05) is 19.2 Å². The van der Waals surface area contributed by atoms with Gasteiger partial charge in [-0.05, 0) is 6.07 Å². The normalized spacial score (nSPS) is 12.3. The maximum Gasteiger partial charge on any atom is 0.350 e. The summed E-state index contributed by atoms with van der Waals surface area (Å²) >= 11 is 0. The number of aliphatic hydroxyl groups excluding tert-OH is 1. The molecule has 7 heteroatoms. The molecule has 82 valence electrons. The van der Waals surface area contributed by atoms with E-state index in [1.807, 2.05) is 0 Å². The highest BCUT2D eigenvalue weighted by Crippen LogP contribution is 2.07. The maximum absolute atomic E-state index is 11.3. The highest BCUT2D eigenvalue weighted by Gasteiger charge is 2.18. The van der Waals surface area contributed by atoms with Crippen molar-refractivity contribution in [1.29, 1.82) is 0 Å². The molecule has 1 aromatic rings. The van der Waals surface area contributed by atoms with Gasteiger partial charge in [-0.3, -0.25) is 9.36 Å². The minimum absolute atomic E-state index is 0.0703. The first-order chi connectivity index (χ1) is 7.06. The Balaban J connectivity index is 3.11. The van der Waals surface area contributed by atoms with Crippen molar-refractivity contribution < 1.29 is 9.90 Å². The number of primary amides is 1. The molecule has 1 unspecified atom stereocenters. The minimum Gasteiger partial charge on any atom is -0.396 e. The van der Waals surface area contributed by atoms with Crippen molar-refractivity contribution in [2.75, 3.05) is 12.3 Å². The fourth-order valence-electron chi connectivity index (χ4n) is 1.20. The molecule has 0 bridgehead atoms. The second kappa shape index (κ2) is 4.56. The van der Waals surface area contributed by atoms with Crippen molar-refractivity contribution in [3.05, 3.63) is 22.7 Å². The Bertz CT molecular complexity index is 415. The number of hydrogen-bond donors (Lipinski definition) is 3. The van der Waals surface area contributed by atoms with Crippen LogP contribution in [0.15, 0.2) is 17.1 Å². The zero-order valence-corrected chi connectivity index (χ0v) is 7.96. The quantitative estimate of drug-likeness (QED) is 0.545. The van der Waals surface area contributed by atoms with E-state index in [-0.39, 0.29) is 18.8 Å². The average molecular weight is 212 g/mol. The highest BCUT2D eigenvalue weighted by molar-refractivity contribution is 5.78. The Morgan fingerprint density at radius 3 is 2.80 bits per heavy atom. The van der Waals surface area contributed by atoms with Gasteiger partial charge in [-0.2, -0.15) is 4.98 Å². The largest absolute Gasteiger partial charge is 0.396 e. The van der Waals surface area contributed by atoms with Crippen LogP contribution in [0.4, 0.5) is 5.82 Å². The van der Waals surface area contributed by atoms with Crippen LogP contribution >= 0.6 is 0 Å². The van der Waals surface area contributed by atoms with E-state index in [0.29, 0.717) is 0 Å². The number of rotatable bonds is 4. The van der Waals surface area contributed by atoms with Crippen LogP contribution in [-0.2, 0) is 4.79 Å². The molecule has 0 radical (unpaired) electrons. The van der Waals surface area contributed by atoms with Crippen LogP contribution in [0.1, 0.15) is 12.5 Å². The first-order valence-electron chi connectivity index (χ1n) is 4.31. The molecular formula is C8H12N4O3. The predicted octanol–water partition coefficient (Wildman–Crippen LogP) is -1.77. The standard InChI is InChI=1S/C8H12N4O3/c9-6-1-3-12(8(15)11-6)5(2-4-13)7(10)14/h1,3,5,13H,2,4H2,(H2,10,14)(H2,9,11,15). The van der Waals surface area contributed by atoms with Crippen molar-refractivity contribution in [2.45, 2.75) is 12.5 Å². The summed E-state index contributed by atoms with van der Waals surface area (Å²) in [6.45, 7) is -0.246. The van der Waals surface area contributed by atoms with E-state index in [2.05, 4.69) is 4.98 Å². The lowest BCUT2D eigenvalue weighted by Gasteiger charge is -2.14. The van der Waals surface area contributed by atoms with E-state index in [4.69, 9.17) is 16.6 Å². The number of amides is 1. The summed E-state index contributed by atoms with van der Waals surface area (Å²) in [5, 5.41) is 8.72. The van der Waals surface area contributed by atoms with Crippen LogP contribution in [0.2, 0.25) is 0 Å². The van der Waals surface area contributed by atoms with E-state index < -0.39 is 17.6 Å². The molecular weight excluding hydrogens is 200 g/mol. The summed E-state index contributed by atoms with van der Waals surface area (Å²) in [7, 11) is 0. The third kappa shape index (κ3) is 2.53. The molecule has 0 saturated carbocycles. The lowest BCUT2D eigenvalue weighted by molar-refractivity contribution is -0.121. The lowest BCUT2D eigenvalue weighted by atomic mass is 10.2. The van der Waals surface area contributed by atoms with E-state index in [1.165, 1.54) is 12.3 Å². The molecule has 0 aliphatic heterocycles. The minimum atomic E-state index is -0.893. The third-order valence-electron chi connectivity index (χ3n) is 1.92. The molecule has 1 atom stereocenters. The van der Waals surface area contributed by atoms with E-state index in [0.717, 1.165) is 4.57 Å². The van der Waals surface area contributed by atoms with Crippen molar-refractivity contribution in [3.63, 3.8) is 0 Å². The van der Waals surface area contributed by atoms with Crippen LogP contribution in [0, 0.1) is 0 Å². The molecule has 15 heavy (non-hydrogen) atoms. The SMILES string of the molecule is NC(=O)C(CCO)n1ccc(N)nc1=O. The van der Waals surface area contributed by atoms with Crippen molar-refractivity contribution in [3.8, 4) is 0 Å². The summed E-state index contributed by atoms with van der Waals surface area (Å²) in [5.74, 6) is -0.624. The number of nitrogens with two attached hydrogens (primary N) is 2. The molecule has 0 spiro atoms. The fourth-order valence-corrected chi connectivity index (χ4v) is 1.20. The number of aliphatic hydroxyl groups is 1. The molecule has 5 N–H and O–H groups in total. The number of nitrogen functional groups attached to an aromatic ring is 1. The smallest absolute Gasteiger partial charge is 0.350 e. The molecule has 0 fully saturated rings. The first kappa shape index (κ1) is 11.2. The summed E-state index contributed by atoms with van der Waals surface area (Å²) in [5.41, 5.74) is 9.72. The number of hydrogen-bond acceptors (Lipinski definition) is 5. The monoisotopic (exact) mass is 212 g/mol. The second-order valence-electron chi connectivity index (χ2n) is 2.97. The Labute approximate surface area is 85.3 Å². The average Bonchev–Trinajstić information content (AvgIpc) is 2.15. The zero-order chi connectivity index (χ0) is 11.4. The molecule has 0 aliphatic carbocycles. The molecule has 0 aromatic carbocycles. The van der Waals surface area contributed by atoms with E-state index in [1.54, 1.807) is 0 Å². The van der Waals surface area contributed by atoms with Gasteiger partial charge in [-0.1, -0.05) is 0 Å². The summed E-state index contributed by atoms with van der Waals surface area (Å²) < 4.78 is 1.05. The topological polar surface area (TPSA) is 124 Å². The molecule has 1 aromatic heterocycles. The van der Waals surface area contributed by atoms with Crippen LogP contribution in [0.3, 0.4) is 0 Å². The molecule has 1 rings (SSSR count). The Kier molecular flexibility index (Phi) is 3.40. The van der Waals surface area contributed by atoms with Gasteiger partial charge in [0.05, 0.1) is 0 Å². The van der Waals surface area contributed by atoms with Crippen molar-refractivity contribution >= 4 is 11.7 Å². The Hall–Kier alpha value is -1.89. The van der Waals surface area contributed by atoms with Gasteiger partial charge in [0.1, 0.15) is 11.9 Å². The van der Waals surface area contributed by atoms with Gasteiger partial charge in [0.25, 0.3) is 0 Å². The van der Waals surface area contributed by atoms with Gasteiger partial charge >= 0.3 is 5.69 Å². The molecule has 7 nitrogen and oxygen atoms in total. The number of aromatic nitrogens is 2. The Morgan fingerprint density at radius 2 is 2.33 bits per heavy atom. The zero-order valence-electron chi connectivity index (χ0n) is 7.96. The summed E-state index contributed by atoms with van der Waals surface area (Å²) in [6, 6.07) is 0.491. The van der Waals surface area contributed by atoms with Gasteiger partial charge < -0.3 is 16.6 Å². The lowest BCUT2D eigenvalue weighted by Crippen LogP contribution is -2.35. The maximum atomic E-state index is 11.3. The number of anilines is 1. The third-order valence-corrected chi connectivity index (χ3v) is 1.92. The number of nitrogens with zero attached hydrogens (tertiary/aromatic N) is 2. The first-order valence-corrected chi connectivity index (χ1v) is 4.31. The van der Waals surface area contributed by atoms with Gasteiger partial charge in [0.2, 0.25) is 5.91 Å². The van der Waals surface area contributed by atoms with Gasteiger partial charge in [-0.15, -0.1) is 0 Å². The van der Waals surface area contributed by atoms with Crippen molar-refractivity contribution in [2.24, 2.45) is 5.73 Å². The summed E-state index contributed by atoms with van der Waals surface area (Å²) in [6.07, 6.45) is 1.40.